The van der Waals surface area contributed by atoms with Gasteiger partial charge < -0.3 is 9.52 Å². The van der Waals surface area contributed by atoms with Gasteiger partial charge >= 0.3 is 0 Å². The quantitative estimate of drug-likeness (QED) is 0.562. The number of fused-ring (bicyclic) bond motifs is 2. The van der Waals surface area contributed by atoms with Crippen LogP contribution in [0, 0.1) is 6.92 Å². The highest BCUT2D eigenvalue weighted by atomic mass is 32.1. The predicted molar refractivity (Wildman–Crippen MR) is 104 cm³/mol. The van der Waals surface area contributed by atoms with Gasteiger partial charge in [-0.1, -0.05) is 35.6 Å². The van der Waals surface area contributed by atoms with Gasteiger partial charge in [0, 0.05) is 0 Å². The fourth-order valence-corrected chi connectivity index (χ4v) is 4.22. The van der Waals surface area contributed by atoms with Gasteiger partial charge in [0.15, 0.2) is 5.43 Å². The Labute approximate surface area is 162 Å². The zero-order chi connectivity index (χ0) is 19.4. The molecule has 1 aliphatic heterocycles. The SMILES string of the molecule is Cc1nnc(N2C(=O)c3oc4ccccc4c(=O)c3C2c2cccc(O)c2)s1. The van der Waals surface area contributed by atoms with Crippen LogP contribution >= 0.6 is 11.3 Å². The topological polar surface area (TPSA) is 96.5 Å². The second-order valence-electron chi connectivity index (χ2n) is 6.45. The summed E-state index contributed by atoms with van der Waals surface area (Å²) in [6.45, 7) is 1.79. The van der Waals surface area contributed by atoms with E-state index in [0.29, 0.717) is 26.7 Å². The van der Waals surface area contributed by atoms with Gasteiger partial charge in [-0.3, -0.25) is 14.5 Å². The molecule has 0 saturated heterocycles. The molecule has 4 aromatic rings. The summed E-state index contributed by atoms with van der Waals surface area (Å²) >= 11 is 1.25. The molecule has 8 heteroatoms. The van der Waals surface area contributed by atoms with Crippen LogP contribution in [0.15, 0.2) is 57.7 Å². The number of carbonyl (C=O) groups is 1. The smallest absolute Gasteiger partial charge is 0.297 e. The molecule has 7 nitrogen and oxygen atoms in total. The van der Waals surface area contributed by atoms with Crippen molar-refractivity contribution in [2.45, 2.75) is 13.0 Å². The molecular weight excluding hydrogens is 378 g/mol. The summed E-state index contributed by atoms with van der Waals surface area (Å²) in [5, 5.41) is 19.5. The van der Waals surface area contributed by atoms with E-state index < -0.39 is 11.9 Å². The van der Waals surface area contributed by atoms with Gasteiger partial charge in [-0.05, 0) is 36.8 Å². The number of anilines is 1. The summed E-state index contributed by atoms with van der Waals surface area (Å²) in [6, 6.07) is 12.5. The van der Waals surface area contributed by atoms with E-state index in [9.17, 15) is 14.7 Å². The number of nitrogens with zero attached hydrogens (tertiary/aromatic N) is 3. The van der Waals surface area contributed by atoms with Crippen LogP contribution in [0.25, 0.3) is 11.0 Å². The van der Waals surface area contributed by atoms with E-state index in [1.54, 1.807) is 43.3 Å². The average molecular weight is 391 g/mol. The summed E-state index contributed by atoms with van der Waals surface area (Å²) in [5.74, 6) is -0.427. The van der Waals surface area contributed by atoms with Crippen LogP contribution < -0.4 is 10.3 Å². The summed E-state index contributed by atoms with van der Waals surface area (Å²) < 4.78 is 5.84. The number of benzene rings is 2. The molecule has 2 aromatic heterocycles. The standard InChI is InChI=1S/C20H13N3O4S/c1-10-21-22-20(28-10)23-16(11-5-4-6-12(24)9-11)15-17(25)13-7-2-3-8-14(13)27-18(15)19(23)26/h2-9,16,24H,1H3. The van der Waals surface area contributed by atoms with E-state index in [-0.39, 0.29) is 22.5 Å². The molecule has 0 saturated carbocycles. The third kappa shape index (κ3) is 2.35. The molecule has 0 bridgehead atoms. The van der Waals surface area contributed by atoms with E-state index in [4.69, 9.17) is 4.42 Å². The number of hydrogen-bond acceptors (Lipinski definition) is 7. The van der Waals surface area contributed by atoms with Crippen molar-refractivity contribution in [3.63, 3.8) is 0 Å². The third-order valence-corrected chi connectivity index (χ3v) is 5.52. The molecule has 0 radical (unpaired) electrons. The number of aromatic nitrogens is 2. The number of phenolic OH excluding ortho intramolecular Hbond substituents is 1. The molecule has 0 aliphatic carbocycles. The fraction of sp³-hybridized carbons (Fsp3) is 0.100. The Bertz CT molecular complexity index is 1310. The molecular formula is C20H13N3O4S. The largest absolute Gasteiger partial charge is 0.508 e. The van der Waals surface area contributed by atoms with Crippen molar-refractivity contribution in [2.75, 3.05) is 4.90 Å². The van der Waals surface area contributed by atoms with E-state index >= 15 is 0 Å². The highest BCUT2D eigenvalue weighted by Gasteiger charge is 2.45. The molecule has 1 N–H and O–H groups in total. The summed E-state index contributed by atoms with van der Waals surface area (Å²) in [7, 11) is 0. The normalized spacial score (nSPS) is 16.0. The molecule has 1 amide bonds. The Hall–Kier alpha value is -3.52. The first-order chi connectivity index (χ1) is 13.5. The fourth-order valence-electron chi connectivity index (χ4n) is 3.51. The highest BCUT2D eigenvalue weighted by molar-refractivity contribution is 7.15. The molecule has 5 rings (SSSR count). The maximum Gasteiger partial charge on any atom is 0.297 e. The zero-order valence-corrected chi connectivity index (χ0v) is 15.4. The van der Waals surface area contributed by atoms with Gasteiger partial charge in [0.05, 0.1) is 17.0 Å². The average Bonchev–Trinajstić information content (AvgIpc) is 3.23. The van der Waals surface area contributed by atoms with E-state index in [1.807, 2.05) is 0 Å². The van der Waals surface area contributed by atoms with Gasteiger partial charge in [-0.15, -0.1) is 10.2 Å². The Kier molecular flexibility index (Phi) is 3.56. The highest BCUT2D eigenvalue weighted by Crippen LogP contribution is 2.42. The Morgan fingerprint density at radius 1 is 1.11 bits per heavy atom. The second-order valence-corrected chi connectivity index (χ2v) is 7.61. The molecule has 138 valence electrons. The maximum absolute atomic E-state index is 13.3. The first-order valence-corrected chi connectivity index (χ1v) is 9.34. The first kappa shape index (κ1) is 16.6. The maximum atomic E-state index is 13.3. The summed E-state index contributed by atoms with van der Waals surface area (Å²) in [5.41, 5.74) is 0.900. The minimum Gasteiger partial charge on any atom is -0.508 e. The van der Waals surface area contributed by atoms with Crippen LogP contribution in [0.2, 0.25) is 0 Å². The molecule has 3 heterocycles. The Morgan fingerprint density at radius 3 is 2.68 bits per heavy atom. The molecule has 2 aromatic carbocycles. The zero-order valence-electron chi connectivity index (χ0n) is 14.6. The lowest BCUT2D eigenvalue weighted by molar-refractivity contribution is 0.0970. The van der Waals surface area contributed by atoms with Crippen LogP contribution in [0.1, 0.15) is 32.7 Å². The summed E-state index contributed by atoms with van der Waals surface area (Å²) in [4.78, 5) is 27.9. The number of para-hydroxylation sites is 1. The number of hydrogen-bond donors (Lipinski definition) is 1. The molecule has 1 atom stereocenters. The third-order valence-electron chi connectivity index (χ3n) is 4.69. The minimum absolute atomic E-state index is 0.00936. The Morgan fingerprint density at radius 2 is 1.93 bits per heavy atom. The number of aryl methyl sites for hydroxylation is 1. The van der Waals surface area contributed by atoms with Crippen molar-refractivity contribution in [2.24, 2.45) is 0 Å². The van der Waals surface area contributed by atoms with Crippen molar-refractivity contribution in [3.05, 3.63) is 80.6 Å². The van der Waals surface area contributed by atoms with Crippen molar-refractivity contribution >= 4 is 33.3 Å². The van der Waals surface area contributed by atoms with E-state index in [0.717, 1.165) is 0 Å². The van der Waals surface area contributed by atoms with Crippen LogP contribution in [0.5, 0.6) is 5.75 Å². The van der Waals surface area contributed by atoms with Crippen LogP contribution in [0.4, 0.5) is 5.13 Å². The minimum atomic E-state index is -0.761. The lowest BCUT2D eigenvalue weighted by Crippen LogP contribution is -2.29. The number of rotatable bonds is 2. The molecule has 0 fully saturated rings. The molecule has 1 unspecified atom stereocenters. The van der Waals surface area contributed by atoms with Crippen LogP contribution in [-0.4, -0.2) is 21.2 Å². The number of amides is 1. The van der Waals surface area contributed by atoms with Crippen molar-refractivity contribution in [1.82, 2.24) is 10.2 Å². The summed E-state index contributed by atoms with van der Waals surface area (Å²) in [6.07, 6.45) is 0. The van der Waals surface area contributed by atoms with Crippen LogP contribution in [0.3, 0.4) is 0 Å². The van der Waals surface area contributed by atoms with E-state index in [2.05, 4.69) is 10.2 Å². The Balaban J connectivity index is 1.84. The molecule has 1 aliphatic rings. The lowest BCUT2D eigenvalue weighted by atomic mass is 9.98. The predicted octanol–water partition coefficient (Wildman–Crippen LogP) is 3.41. The van der Waals surface area contributed by atoms with Gasteiger partial charge in [0.25, 0.3) is 5.91 Å². The number of carbonyl (C=O) groups excluding carboxylic acids is 1. The van der Waals surface area contributed by atoms with Gasteiger partial charge in [-0.25, -0.2) is 0 Å². The molecule has 0 spiro atoms. The van der Waals surface area contributed by atoms with Crippen molar-refractivity contribution in [1.29, 1.82) is 0 Å². The monoisotopic (exact) mass is 391 g/mol. The van der Waals surface area contributed by atoms with Crippen molar-refractivity contribution in [3.8, 4) is 5.75 Å². The second kappa shape index (κ2) is 6.00. The van der Waals surface area contributed by atoms with Gasteiger partial charge in [0.1, 0.15) is 16.3 Å². The van der Waals surface area contributed by atoms with Gasteiger partial charge in [0.2, 0.25) is 10.9 Å². The molecule has 28 heavy (non-hydrogen) atoms. The first-order valence-electron chi connectivity index (χ1n) is 8.53. The lowest BCUT2D eigenvalue weighted by Gasteiger charge is -2.22. The van der Waals surface area contributed by atoms with Crippen molar-refractivity contribution < 1.29 is 14.3 Å². The van der Waals surface area contributed by atoms with E-state index in [1.165, 1.54) is 28.4 Å². The van der Waals surface area contributed by atoms with Crippen LogP contribution in [-0.2, 0) is 0 Å². The number of aromatic hydroxyl groups is 1. The number of phenols is 1. The van der Waals surface area contributed by atoms with Gasteiger partial charge in [-0.2, -0.15) is 0 Å².